The number of nitrogens with zero attached hydrogens (tertiary/aromatic N) is 4. The van der Waals surface area contributed by atoms with E-state index < -0.39 is 10.0 Å². The van der Waals surface area contributed by atoms with Gasteiger partial charge in [0, 0.05) is 18.7 Å². The normalized spacial score (nSPS) is 15.4. The first-order chi connectivity index (χ1) is 15.8. The number of aromatic nitrogens is 3. The zero-order chi connectivity index (χ0) is 23.2. The van der Waals surface area contributed by atoms with Gasteiger partial charge in [-0.25, -0.2) is 22.8 Å². The fourth-order valence-corrected chi connectivity index (χ4v) is 7.62. The van der Waals surface area contributed by atoms with Crippen LogP contribution in [0, 0.1) is 5.82 Å². The van der Waals surface area contributed by atoms with Gasteiger partial charge in [-0.3, -0.25) is 0 Å². The lowest BCUT2D eigenvalue weighted by Crippen LogP contribution is -2.35. The molecule has 1 atom stereocenters. The SMILES string of the molecule is C[C@H](c1ccc(F)cc1)n1cncc1-c1cccc2c1CCN(S(=O)(=O)c1cnc(Br)s1)C2. The molecule has 0 bridgehead atoms. The van der Waals surface area contributed by atoms with Gasteiger partial charge in [0.05, 0.1) is 30.5 Å². The van der Waals surface area contributed by atoms with Crippen LogP contribution in [0.15, 0.2) is 69.3 Å². The molecule has 170 valence electrons. The average molecular weight is 547 g/mol. The molecule has 1 aliphatic rings. The summed E-state index contributed by atoms with van der Waals surface area (Å²) in [5, 5.41) is 0. The van der Waals surface area contributed by atoms with E-state index in [9.17, 15) is 12.8 Å². The Morgan fingerprint density at radius 3 is 2.67 bits per heavy atom. The van der Waals surface area contributed by atoms with E-state index in [2.05, 4.69) is 37.4 Å². The Hall–Kier alpha value is -2.40. The van der Waals surface area contributed by atoms with Gasteiger partial charge >= 0.3 is 0 Å². The summed E-state index contributed by atoms with van der Waals surface area (Å²) < 4.78 is 43.9. The van der Waals surface area contributed by atoms with Crippen molar-refractivity contribution in [2.24, 2.45) is 0 Å². The Morgan fingerprint density at radius 1 is 1.15 bits per heavy atom. The van der Waals surface area contributed by atoms with Crippen LogP contribution in [0.5, 0.6) is 0 Å². The largest absolute Gasteiger partial charge is 0.323 e. The lowest BCUT2D eigenvalue weighted by atomic mass is 9.93. The Bertz CT molecular complexity index is 1420. The molecule has 0 aliphatic carbocycles. The van der Waals surface area contributed by atoms with Crippen LogP contribution in [-0.2, 0) is 23.0 Å². The smallest absolute Gasteiger partial charge is 0.254 e. The van der Waals surface area contributed by atoms with E-state index in [1.165, 1.54) is 22.6 Å². The van der Waals surface area contributed by atoms with Crippen LogP contribution in [0.3, 0.4) is 0 Å². The number of sulfonamides is 1. The summed E-state index contributed by atoms with van der Waals surface area (Å²) in [5.41, 5.74) is 5.08. The van der Waals surface area contributed by atoms with Crippen LogP contribution in [0.25, 0.3) is 11.3 Å². The Kier molecular flexibility index (Phi) is 5.94. The maximum Gasteiger partial charge on any atom is 0.254 e. The van der Waals surface area contributed by atoms with Gasteiger partial charge in [-0.2, -0.15) is 4.31 Å². The molecule has 0 saturated carbocycles. The molecule has 33 heavy (non-hydrogen) atoms. The lowest BCUT2D eigenvalue weighted by molar-refractivity contribution is 0.392. The maximum absolute atomic E-state index is 13.4. The van der Waals surface area contributed by atoms with Crippen molar-refractivity contribution >= 4 is 37.3 Å². The minimum Gasteiger partial charge on any atom is -0.323 e. The zero-order valence-electron chi connectivity index (χ0n) is 17.6. The summed E-state index contributed by atoms with van der Waals surface area (Å²) in [5.74, 6) is -0.265. The molecule has 5 rings (SSSR count). The van der Waals surface area contributed by atoms with Crippen LogP contribution >= 0.6 is 27.3 Å². The van der Waals surface area contributed by atoms with E-state index in [-0.39, 0.29) is 16.1 Å². The monoisotopic (exact) mass is 546 g/mol. The second kappa shape index (κ2) is 8.75. The van der Waals surface area contributed by atoms with Gasteiger partial charge in [0.15, 0.2) is 8.13 Å². The third-order valence-electron chi connectivity index (χ3n) is 5.99. The lowest BCUT2D eigenvalue weighted by Gasteiger charge is -2.29. The van der Waals surface area contributed by atoms with E-state index in [0.717, 1.165) is 39.3 Å². The summed E-state index contributed by atoms with van der Waals surface area (Å²) in [6.45, 7) is 2.75. The molecule has 3 heterocycles. The standard InChI is InChI=1S/C23H20BrFN4O2S2/c1-15(16-5-7-18(25)8-6-16)29-14-26-11-21(29)20-4-2-3-17-13-28(10-9-19(17)20)33(30,31)22-12-27-23(24)32-22/h2-8,11-12,14-15H,9-10,13H2,1H3/t15-/m1/s1. The van der Waals surface area contributed by atoms with E-state index in [0.29, 0.717) is 23.4 Å². The van der Waals surface area contributed by atoms with Gasteiger partial charge in [-0.1, -0.05) is 41.7 Å². The van der Waals surface area contributed by atoms with Crippen molar-refractivity contribution in [2.75, 3.05) is 6.54 Å². The molecule has 4 aromatic rings. The quantitative estimate of drug-likeness (QED) is 0.342. The van der Waals surface area contributed by atoms with Crippen molar-refractivity contribution < 1.29 is 12.8 Å². The third kappa shape index (κ3) is 4.16. The molecule has 0 saturated heterocycles. The van der Waals surface area contributed by atoms with Crippen LogP contribution in [0.1, 0.15) is 29.7 Å². The number of halogens is 2. The fraction of sp³-hybridized carbons (Fsp3) is 0.217. The molecule has 0 radical (unpaired) electrons. The molecule has 0 amide bonds. The molecule has 6 nitrogen and oxygen atoms in total. The first-order valence-electron chi connectivity index (χ1n) is 10.3. The third-order valence-corrected chi connectivity index (χ3v) is 9.75. The molecular formula is C23H20BrFN4O2S2. The molecule has 0 unspecified atom stereocenters. The van der Waals surface area contributed by atoms with Crippen molar-refractivity contribution in [1.29, 1.82) is 0 Å². The molecule has 2 aromatic carbocycles. The Morgan fingerprint density at radius 2 is 1.94 bits per heavy atom. The number of fused-ring (bicyclic) bond motifs is 1. The van der Waals surface area contributed by atoms with Crippen LogP contribution in [0.4, 0.5) is 4.39 Å². The zero-order valence-corrected chi connectivity index (χ0v) is 20.9. The highest BCUT2D eigenvalue weighted by molar-refractivity contribution is 9.11. The summed E-state index contributed by atoms with van der Waals surface area (Å²) in [6, 6.07) is 12.4. The minimum absolute atomic E-state index is 0.0378. The van der Waals surface area contributed by atoms with Crippen LogP contribution < -0.4 is 0 Å². The van der Waals surface area contributed by atoms with E-state index in [1.807, 2.05) is 24.4 Å². The topological polar surface area (TPSA) is 68.1 Å². The highest BCUT2D eigenvalue weighted by atomic mass is 79.9. The summed E-state index contributed by atoms with van der Waals surface area (Å²) >= 11 is 4.36. The minimum atomic E-state index is -3.60. The van der Waals surface area contributed by atoms with Crippen molar-refractivity contribution in [1.82, 2.24) is 18.8 Å². The highest BCUT2D eigenvalue weighted by Crippen LogP contribution is 2.35. The number of hydrogen-bond acceptors (Lipinski definition) is 5. The van der Waals surface area contributed by atoms with Gasteiger partial charge in [0.2, 0.25) is 0 Å². The maximum atomic E-state index is 13.4. The van der Waals surface area contributed by atoms with Crippen LogP contribution in [0.2, 0.25) is 0 Å². The molecule has 0 N–H and O–H groups in total. The van der Waals surface area contributed by atoms with E-state index >= 15 is 0 Å². The van der Waals surface area contributed by atoms with Gasteiger partial charge in [-0.05, 0) is 58.1 Å². The molecule has 2 aromatic heterocycles. The molecule has 0 fully saturated rings. The van der Waals surface area contributed by atoms with Crippen LogP contribution in [-0.4, -0.2) is 33.8 Å². The van der Waals surface area contributed by atoms with E-state index in [1.54, 1.807) is 18.5 Å². The van der Waals surface area contributed by atoms with Crippen molar-refractivity contribution in [3.63, 3.8) is 0 Å². The number of benzene rings is 2. The number of hydrogen-bond donors (Lipinski definition) is 0. The molecule has 10 heteroatoms. The number of rotatable bonds is 5. The summed E-state index contributed by atoms with van der Waals surface area (Å²) in [7, 11) is -3.60. The predicted octanol–water partition coefficient (Wildman–Crippen LogP) is 5.26. The highest BCUT2D eigenvalue weighted by Gasteiger charge is 2.31. The fourth-order valence-electron chi connectivity index (χ4n) is 4.24. The second-order valence-corrected chi connectivity index (χ2v) is 12.3. The van der Waals surface area contributed by atoms with Gasteiger partial charge in [0.1, 0.15) is 5.82 Å². The molecule has 1 aliphatic heterocycles. The van der Waals surface area contributed by atoms with Gasteiger partial charge in [0.25, 0.3) is 10.0 Å². The Labute approximate surface area is 203 Å². The van der Waals surface area contributed by atoms with Crippen molar-refractivity contribution in [2.45, 2.75) is 30.1 Å². The summed E-state index contributed by atoms with van der Waals surface area (Å²) in [6.07, 6.45) is 5.60. The van der Waals surface area contributed by atoms with Crippen molar-refractivity contribution in [3.05, 3.63) is 87.6 Å². The Balaban J connectivity index is 1.48. The average Bonchev–Trinajstić information content (AvgIpc) is 3.48. The van der Waals surface area contributed by atoms with Gasteiger partial charge in [-0.15, -0.1) is 0 Å². The molecule has 0 spiro atoms. The van der Waals surface area contributed by atoms with E-state index in [4.69, 9.17) is 0 Å². The number of imidazole rings is 1. The first kappa shape index (κ1) is 22.4. The predicted molar refractivity (Wildman–Crippen MR) is 129 cm³/mol. The summed E-state index contributed by atoms with van der Waals surface area (Å²) in [4.78, 5) is 8.41. The number of thiazole rings is 1. The first-order valence-corrected chi connectivity index (χ1v) is 13.4. The molecular weight excluding hydrogens is 527 g/mol. The van der Waals surface area contributed by atoms with Crippen molar-refractivity contribution in [3.8, 4) is 11.3 Å². The second-order valence-electron chi connectivity index (χ2n) is 7.88. The van der Waals surface area contributed by atoms with Gasteiger partial charge < -0.3 is 4.57 Å².